The van der Waals surface area contributed by atoms with E-state index >= 15 is 0 Å². The summed E-state index contributed by atoms with van der Waals surface area (Å²) in [6.07, 6.45) is 4.32. The summed E-state index contributed by atoms with van der Waals surface area (Å²) in [7, 11) is 0. The zero-order valence-electron chi connectivity index (χ0n) is 14.2. The summed E-state index contributed by atoms with van der Waals surface area (Å²) in [5.74, 6) is 0.636. The maximum atomic E-state index is 12.6. The standard InChI is InChI=1S/C19H23N3O2/c1-15-18(16(2)24-20-15)19(23)22-13-11-21(12-14-22)10-6-9-17-7-4-3-5-8-17/h3-9H,10-14H2,1-2H3. The summed E-state index contributed by atoms with van der Waals surface area (Å²) in [5.41, 5.74) is 2.50. The molecular formula is C19H23N3O2. The molecule has 1 aliphatic rings. The average molecular weight is 325 g/mol. The molecule has 0 radical (unpaired) electrons. The van der Waals surface area contributed by atoms with Gasteiger partial charge < -0.3 is 9.42 Å². The smallest absolute Gasteiger partial charge is 0.259 e. The monoisotopic (exact) mass is 325 g/mol. The summed E-state index contributed by atoms with van der Waals surface area (Å²) in [6, 6.07) is 10.3. The minimum Gasteiger partial charge on any atom is -0.361 e. The van der Waals surface area contributed by atoms with Crippen molar-refractivity contribution in [2.75, 3.05) is 32.7 Å². The van der Waals surface area contributed by atoms with E-state index in [9.17, 15) is 4.79 Å². The molecular weight excluding hydrogens is 302 g/mol. The van der Waals surface area contributed by atoms with Crippen LogP contribution in [0.1, 0.15) is 27.4 Å². The predicted molar refractivity (Wildman–Crippen MR) is 93.8 cm³/mol. The van der Waals surface area contributed by atoms with Crippen molar-refractivity contribution in [1.82, 2.24) is 15.0 Å². The maximum absolute atomic E-state index is 12.6. The highest BCUT2D eigenvalue weighted by Gasteiger charge is 2.26. The fraction of sp³-hybridized carbons (Fsp3) is 0.368. The second kappa shape index (κ2) is 7.45. The van der Waals surface area contributed by atoms with Gasteiger partial charge in [-0.25, -0.2) is 0 Å². The largest absolute Gasteiger partial charge is 0.361 e. The van der Waals surface area contributed by atoms with Crippen LogP contribution in [0.15, 0.2) is 40.9 Å². The van der Waals surface area contributed by atoms with Gasteiger partial charge in [0.25, 0.3) is 5.91 Å². The highest BCUT2D eigenvalue weighted by atomic mass is 16.5. The summed E-state index contributed by atoms with van der Waals surface area (Å²) in [6.45, 7) is 7.75. The van der Waals surface area contributed by atoms with Crippen LogP contribution in [0.5, 0.6) is 0 Å². The molecule has 5 nitrogen and oxygen atoms in total. The summed E-state index contributed by atoms with van der Waals surface area (Å²) < 4.78 is 5.11. The van der Waals surface area contributed by atoms with Gasteiger partial charge in [0.1, 0.15) is 11.3 Å². The van der Waals surface area contributed by atoms with Crippen LogP contribution >= 0.6 is 0 Å². The van der Waals surface area contributed by atoms with Gasteiger partial charge in [0.2, 0.25) is 0 Å². The van der Waals surface area contributed by atoms with E-state index in [4.69, 9.17) is 4.52 Å². The average Bonchev–Trinajstić information content (AvgIpc) is 2.94. The lowest BCUT2D eigenvalue weighted by atomic mass is 10.1. The molecule has 5 heteroatoms. The van der Waals surface area contributed by atoms with Gasteiger partial charge in [-0.15, -0.1) is 0 Å². The topological polar surface area (TPSA) is 49.6 Å². The zero-order valence-corrected chi connectivity index (χ0v) is 14.2. The van der Waals surface area contributed by atoms with E-state index < -0.39 is 0 Å². The SMILES string of the molecule is Cc1noc(C)c1C(=O)N1CCN(CC=Cc2ccccc2)CC1. The van der Waals surface area contributed by atoms with E-state index in [1.54, 1.807) is 6.92 Å². The zero-order chi connectivity index (χ0) is 16.9. The van der Waals surface area contributed by atoms with Gasteiger partial charge in [-0.1, -0.05) is 47.6 Å². The number of piperazine rings is 1. The van der Waals surface area contributed by atoms with Crippen LogP contribution < -0.4 is 0 Å². The minimum atomic E-state index is 0.0331. The summed E-state index contributed by atoms with van der Waals surface area (Å²) >= 11 is 0. The Morgan fingerprint density at radius 3 is 2.50 bits per heavy atom. The Hall–Kier alpha value is -2.40. The molecule has 0 spiro atoms. The minimum absolute atomic E-state index is 0.0331. The van der Waals surface area contributed by atoms with E-state index in [-0.39, 0.29) is 5.91 Å². The fourth-order valence-corrected chi connectivity index (χ4v) is 2.98. The molecule has 1 amide bonds. The Morgan fingerprint density at radius 1 is 1.17 bits per heavy atom. The number of aryl methyl sites for hydroxylation is 2. The summed E-state index contributed by atoms with van der Waals surface area (Å²) in [5, 5.41) is 3.87. The summed E-state index contributed by atoms with van der Waals surface area (Å²) in [4.78, 5) is 16.9. The molecule has 0 N–H and O–H groups in total. The van der Waals surface area contributed by atoms with E-state index in [1.165, 1.54) is 5.56 Å². The highest BCUT2D eigenvalue weighted by molar-refractivity contribution is 5.96. The molecule has 0 bridgehead atoms. The van der Waals surface area contributed by atoms with Crippen molar-refractivity contribution in [3.63, 3.8) is 0 Å². The molecule has 1 aromatic heterocycles. The van der Waals surface area contributed by atoms with Gasteiger partial charge >= 0.3 is 0 Å². The van der Waals surface area contributed by atoms with Crippen molar-refractivity contribution in [3.05, 3.63) is 59.0 Å². The molecule has 2 aromatic rings. The third-order valence-corrected chi connectivity index (χ3v) is 4.38. The number of hydrogen-bond donors (Lipinski definition) is 0. The lowest BCUT2D eigenvalue weighted by Gasteiger charge is -2.34. The van der Waals surface area contributed by atoms with Crippen molar-refractivity contribution >= 4 is 12.0 Å². The second-order valence-corrected chi connectivity index (χ2v) is 6.11. The molecule has 0 unspecified atom stereocenters. The van der Waals surface area contributed by atoms with Crippen molar-refractivity contribution < 1.29 is 9.32 Å². The number of carbonyl (C=O) groups excluding carboxylic acids is 1. The lowest BCUT2D eigenvalue weighted by Crippen LogP contribution is -2.48. The van der Waals surface area contributed by atoms with E-state index in [0.717, 1.165) is 32.7 Å². The Bertz CT molecular complexity index is 694. The van der Waals surface area contributed by atoms with E-state index in [0.29, 0.717) is 17.0 Å². The number of amides is 1. The first-order valence-electron chi connectivity index (χ1n) is 8.31. The number of aromatic nitrogens is 1. The van der Waals surface area contributed by atoms with E-state index in [2.05, 4.69) is 34.3 Å². The van der Waals surface area contributed by atoms with Crippen molar-refractivity contribution in [2.45, 2.75) is 13.8 Å². The molecule has 2 heterocycles. The molecule has 0 aliphatic carbocycles. The number of nitrogens with zero attached hydrogens (tertiary/aromatic N) is 3. The van der Waals surface area contributed by atoms with Gasteiger partial charge in [0, 0.05) is 32.7 Å². The van der Waals surface area contributed by atoms with Crippen LogP contribution in [0.25, 0.3) is 6.08 Å². The van der Waals surface area contributed by atoms with Crippen LogP contribution in [0.2, 0.25) is 0 Å². The Morgan fingerprint density at radius 2 is 1.88 bits per heavy atom. The van der Waals surface area contributed by atoms with Crippen LogP contribution in [-0.2, 0) is 0 Å². The maximum Gasteiger partial charge on any atom is 0.259 e. The molecule has 1 aromatic carbocycles. The van der Waals surface area contributed by atoms with Crippen LogP contribution in [-0.4, -0.2) is 53.6 Å². The van der Waals surface area contributed by atoms with Crippen molar-refractivity contribution in [2.24, 2.45) is 0 Å². The Labute approximate surface area is 142 Å². The molecule has 1 aliphatic heterocycles. The van der Waals surface area contributed by atoms with Crippen LogP contribution in [0, 0.1) is 13.8 Å². The third kappa shape index (κ3) is 3.74. The highest BCUT2D eigenvalue weighted by Crippen LogP contribution is 2.16. The van der Waals surface area contributed by atoms with Crippen LogP contribution in [0.4, 0.5) is 0 Å². The first-order chi connectivity index (χ1) is 11.6. The van der Waals surface area contributed by atoms with Gasteiger partial charge in [-0.3, -0.25) is 9.69 Å². The molecule has 3 rings (SSSR count). The van der Waals surface area contributed by atoms with Gasteiger partial charge in [0.05, 0.1) is 5.69 Å². The van der Waals surface area contributed by atoms with Crippen LogP contribution in [0.3, 0.4) is 0 Å². The molecule has 0 saturated carbocycles. The first-order valence-corrected chi connectivity index (χ1v) is 8.31. The molecule has 126 valence electrons. The fourth-order valence-electron chi connectivity index (χ4n) is 2.98. The first kappa shape index (κ1) is 16.5. The number of hydrogen-bond acceptors (Lipinski definition) is 4. The van der Waals surface area contributed by atoms with E-state index in [1.807, 2.05) is 30.0 Å². The second-order valence-electron chi connectivity index (χ2n) is 6.11. The number of benzene rings is 1. The van der Waals surface area contributed by atoms with Crippen molar-refractivity contribution in [1.29, 1.82) is 0 Å². The molecule has 1 fully saturated rings. The normalized spacial score (nSPS) is 16.0. The molecule has 0 atom stereocenters. The van der Waals surface area contributed by atoms with Gasteiger partial charge in [0.15, 0.2) is 0 Å². The Balaban J connectivity index is 1.51. The number of rotatable bonds is 4. The third-order valence-electron chi connectivity index (χ3n) is 4.38. The molecule has 24 heavy (non-hydrogen) atoms. The van der Waals surface area contributed by atoms with Crippen molar-refractivity contribution in [3.8, 4) is 0 Å². The Kier molecular flexibility index (Phi) is 5.11. The van der Waals surface area contributed by atoms with Gasteiger partial charge in [-0.2, -0.15) is 0 Å². The number of carbonyl (C=O) groups is 1. The predicted octanol–water partition coefficient (Wildman–Crippen LogP) is 2.76. The molecule has 1 saturated heterocycles. The lowest BCUT2D eigenvalue weighted by molar-refractivity contribution is 0.0648. The van der Waals surface area contributed by atoms with Gasteiger partial charge in [-0.05, 0) is 19.4 Å². The quantitative estimate of drug-likeness (QED) is 0.867.